The molecule has 1 saturated heterocycles. The van der Waals surface area contributed by atoms with Crippen LogP contribution >= 0.6 is 46.9 Å². The zero-order valence-electron chi connectivity index (χ0n) is 15.2. The Morgan fingerprint density at radius 1 is 1.35 bits per heavy atom. The lowest BCUT2D eigenvalue weighted by Gasteiger charge is -2.21. The molecule has 0 amide bonds. The Morgan fingerprint density at radius 3 is 2.92 bits per heavy atom. The van der Waals surface area contributed by atoms with E-state index in [1.165, 1.54) is 22.5 Å². The minimum absolute atomic E-state index is 0. The highest BCUT2D eigenvalue weighted by Gasteiger charge is 2.24. The number of aryl methyl sites for hydroxylation is 1. The molecule has 0 radical (unpaired) electrons. The molecule has 26 heavy (non-hydrogen) atoms. The second-order valence-electron chi connectivity index (χ2n) is 6.42. The monoisotopic (exact) mass is 504 g/mol. The molecule has 2 N–H and O–H groups in total. The maximum absolute atomic E-state index is 6.17. The quantitative estimate of drug-likeness (QED) is 0.357. The summed E-state index contributed by atoms with van der Waals surface area (Å²) in [4.78, 5) is 8.07. The van der Waals surface area contributed by atoms with Gasteiger partial charge in [-0.3, -0.25) is 4.99 Å². The van der Waals surface area contributed by atoms with E-state index in [4.69, 9.17) is 11.6 Å². The molecule has 1 aromatic carbocycles. The van der Waals surface area contributed by atoms with Crippen LogP contribution in [0.1, 0.15) is 16.9 Å². The third-order valence-electron chi connectivity index (χ3n) is 4.59. The smallest absolute Gasteiger partial charge is 0.191 e. The Bertz CT molecular complexity index is 720. The zero-order valence-corrected chi connectivity index (χ0v) is 19.1. The van der Waals surface area contributed by atoms with E-state index in [-0.39, 0.29) is 24.0 Å². The average Bonchev–Trinajstić information content (AvgIpc) is 3.29. The number of guanidine groups is 1. The molecule has 1 fully saturated rings. The van der Waals surface area contributed by atoms with Crippen LogP contribution in [0.15, 0.2) is 40.7 Å². The number of hydrogen-bond donors (Lipinski definition) is 2. The molecule has 0 bridgehead atoms. The first-order chi connectivity index (χ1) is 12.2. The van der Waals surface area contributed by atoms with Gasteiger partial charge in [0.1, 0.15) is 0 Å². The van der Waals surface area contributed by atoms with Crippen LogP contribution in [0.25, 0.3) is 0 Å². The van der Waals surface area contributed by atoms with Gasteiger partial charge in [-0.2, -0.15) is 0 Å². The van der Waals surface area contributed by atoms with E-state index in [0.29, 0.717) is 5.92 Å². The summed E-state index contributed by atoms with van der Waals surface area (Å²) in [5, 5.41) is 9.74. The molecule has 2 heterocycles. The van der Waals surface area contributed by atoms with Gasteiger partial charge in [-0.15, -0.1) is 35.3 Å². The van der Waals surface area contributed by atoms with Crippen molar-refractivity contribution in [3.05, 3.63) is 51.2 Å². The van der Waals surface area contributed by atoms with E-state index in [0.717, 1.165) is 37.2 Å². The van der Waals surface area contributed by atoms with Crippen molar-refractivity contribution in [2.24, 2.45) is 10.9 Å². The van der Waals surface area contributed by atoms with Crippen LogP contribution in [-0.4, -0.2) is 32.6 Å². The molecule has 0 aliphatic carbocycles. The molecule has 1 aromatic heterocycles. The molecular formula is C19H26ClIN4S. The fourth-order valence-corrected chi connectivity index (χ4v) is 4.00. The largest absolute Gasteiger partial charge is 0.371 e. The van der Waals surface area contributed by atoms with E-state index in [1.54, 1.807) is 11.3 Å². The molecule has 142 valence electrons. The fourth-order valence-electron chi connectivity index (χ4n) is 3.19. The van der Waals surface area contributed by atoms with E-state index >= 15 is 0 Å². The first-order valence-corrected chi connectivity index (χ1v) is 9.89. The number of aliphatic imine (C=N–C) groups is 1. The predicted molar refractivity (Wildman–Crippen MR) is 124 cm³/mol. The van der Waals surface area contributed by atoms with Gasteiger partial charge in [-0.25, -0.2) is 0 Å². The molecule has 4 nitrogen and oxygen atoms in total. The van der Waals surface area contributed by atoms with Gasteiger partial charge >= 0.3 is 0 Å². The molecule has 1 unspecified atom stereocenters. The van der Waals surface area contributed by atoms with Crippen LogP contribution in [0.5, 0.6) is 0 Å². The van der Waals surface area contributed by atoms with Crippen molar-refractivity contribution in [2.45, 2.75) is 19.9 Å². The van der Waals surface area contributed by atoms with Crippen molar-refractivity contribution in [3.8, 4) is 0 Å². The number of thiophene rings is 1. The van der Waals surface area contributed by atoms with Crippen molar-refractivity contribution in [1.29, 1.82) is 0 Å². The number of nitrogens with one attached hydrogen (secondary N) is 2. The summed E-state index contributed by atoms with van der Waals surface area (Å²) in [5.74, 6) is 1.48. The van der Waals surface area contributed by atoms with Crippen LogP contribution in [0.4, 0.5) is 5.69 Å². The third-order valence-corrected chi connectivity index (χ3v) is 5.70. The van der Waals surface area contributed by atoms with Crippen molar-refractivity contribution in [3.63, 3.8) is 0 Å². The maximum atomic E-state index is 6.17. The van der Waals surface area contributed by atoms with Crippen LogP contribution < -0.4 is 15.5 Å². The molecule has 1 atom stereocenters. The van der Waals surface area contributed by atoms with E-state index in [1.807, 2.05) is 13.1 Å². The Kier molecular flexibility index (Phi) is 8.50. The molecule has 7 heteroatoms. The average molecular weight is 505 g/mol. The van der Waals surface area contributed by atoms with Crippen LogP contribution in [0.3, 0.4) is 0 Å². The highest BCUT2D eigenvalue weighted by molar-refractivity contribution is 14.0. The number of hydrogen-bond acceptors (Lipinski definition) is 3. The lowest BCUT2D eigenvalue weighted by molar-refractivity contribution is 0.566. The number of nitrogens with zero attached hydrogens (tertiary/aromatic N) is 2. The number of benzene rings is 1. The van der Waals surface area contributed by atoms with Crippen molar-refractivity contribution < 1.29 is 0 Å². The molecule has 2 aromatic rings. The second-order valence-corrected chi connectivity index (χ2v) is 7.89. The minimum Gasteiger partial charge on any atom is -0.371 e. The van der Waals surface area contributed by atoms with Gasteiger partial charge in [-0.05, 0) is 48.4 Å². The van der Waals surface area contributed by atoms with E-state index in [2.05, 4.69) is 57.1 Å². The fraction of sp³-hybridized carbons (Fsp3) is 0.421. The first kappa shape index (κ1) is 21.3. The molecule has 0 saturated carbocycles. The number of anilines is 1. The van der Waals surface area contributed by atoms with E-state index < -0.39 is 0 Å². The maximum Gasteiger partial charge on any atom is 0.191 e. The third kappa shape index (κ3) is 5.76. The molecule has 3 rings (SSSR count). The summed E-state index contributed by atoms with van der Waals surface area (Å²) in [6.45, 7) is 6.02. The summed E-state index contributed by atoms with van der Waals surface area (Å²) in [6, 6.07) is 10.3. The summed E-state index contributed by atoms with van der Waals surface area (Å²) in [6.07, 6.45) is 1.18. The molecule has 1 aliphatic heterocycles. The summed E-state index contributed by atoms with van der Waals surface area (Å²) >= 11 is 7.92. The van der Waals surface area contributed by atoms with Gasteiger partial charge in [0.2, 0.25) is 0 Å². The summed E-state index contributed by atoms with van der Waals surface area (Å²) in [7, 11) is 1.82. The molecular weight excluding hydrogens is 479 g/mol. The Labute approximate surface area is 182 Å². The van der Waals surface area contributed by atoms with Gasteiger partial charge < -0.3 is 15.5 Å². The SMILES string of the molecule is CN=C(NCc1cccs1)NCC1CCN(c2cc(Cl)ccc2C)C1.I. The second kappa shape index (κ2) is 10.4. The van der Waals surface area contributed by atoms with E-state index in [9.17, 15) is 0 Å². The highest BCUT2D eigenvalue weighted by atomic mass is 127. The molecule has 1 aliphatic rings. The lowest BCUT2D eigenvalue weighted by Crippen LogP contribution is -2.39. The lowest BCUT2D eigenvalue weighted by atomic mass is 10.1. The topological polar surface area (TPSA) is 39.7 Å². The van der Waals surface area contributed by atoms with Gasteiger partial charge in [0.15, 0.2) is 5.96 Å². The van der Waals surface area contributed by atoms with Crippen LogP contribution in [-0.2, 0) is 6.54 Å². The Morgan fingerprint density at radius 2 is 2.19 bits per heavy atom. The normalized spacial score (nSPS) is 17.1. The predicted octanol–water partition coefficient (Wildman–Crippen LogP) is 4.52. The van der Waals surface area contributed by atoms with Crippen molar-refractivity contribution in [1.82, 2.24) is 10.6 Å². The Hall–Kier alpha value is -0.990. The van der Waals surface area contributed by atoms with Gasteiger partial charge in [0.05, 0.1) is 6.54 Å². The first-order valence-electron chi connectivity index (χ1n) is 8.63. The van der Waals surface area contributed by atoms with Crippen LogP contribution in [0.2, 0.25) is 5.02 Å². The summed E-state index contributed by atoms with van der Waals surface area (Å²) < 4.78 is 0. The standard InChI is InChI=1S/C19H25ClN4S.HI/c1-14-5-6-16(20)10-18(14)24-8-7-15(13-24)11-22-19(21-2)23-12-17-4-3-9-25-17;/h3-6,9-10,15H,7-8,11-13H2,1-2H3,(H2,21,22,23);1H. The van der Waals surface area contributed by atoms with Gasteiger partial charge in [0.25, 0.3) is 0 Å². The number of halogens is 2. The highest BCUT2D eigenvalue weighted by Crippen LogP contribution is 2.29. The Balaban J connectivity index is 0.00000243. The zero-order chi connectivity index (χ0) is 17.6. The number of rotatable bonds is 5. The van der Waals surface area contributed by atoms with Gasteiger partial charge in [0, 0.05) is 42.3 Å². The van der Waals surface area contributed by atoms with Gasteiger partial charge in [-0.1, -0.05) is 23.7 Å². The van der Waals surface area contributed by atoms with Crippen LogP contribution in [0, 0.1) is 12.8 Å². The summed E-state index contributed by atoms with van der Waals surface area (Å²) in [5.41, 5.74) is 2.54. The van der Waals surface area contributed by atoms with Crippen molar-refractivity contribution >= 4 is 58.6 Å². The minimum atomic E-state index is 0. The molecule has 0 spiro atoms. The van der Waals surface area contributed by atoms with Crippen molar-refractivity contribution in [2.75, 3.05) is 31.6 Å².